The first-order chi connectivity index (χ1) is 12.0. The van der Waals surface area contributed by atoms with Crippen molar-refractivity contribution in [2.24, 2.45) is 0 Å². The first-order valence-corrected chi connectivity index (χ1v) is 8.90. The molecule has 9 heteroatoms. The number of hydrogen-bond donors (Lipinski definition) is 2. The highest BCUT2D eigenvalue weighted by molar-refractivity contribution is 8.00. The minimum Gasteiger partial charge on any atom is -0.382 e. The summed E-state index contributed by atoms with van der Waals surface area (Å²) in [5, 5.41) is 10.7. The fourth-order valence-electron chi connectivity index (χ4n) is 2.07. The van der Waals surface area contributed by atoms with Crippen LogP contribution in [-0.2, 0) is 9.53 Å². The van der Waals surface area contributed by atoms with Crippen LogP contribution in [0.3, 0.4) is 0 Å². The predicted octanol–water partition coefficient (Wildman–Crippen LogP) is 1.82. The zero-order valence-electron chi connectivity index (χ0n) is 14.2. The fraction of sp³-hybridized carbons (Fsp3) is 0.438. The number of amides is 1. The quantitative estimate of drug-likeness (QED) is 0.399. The van der Waals surface area contributed by atoms with Crippen LogP contribution in [0.4, 0.5) is 4.39 Å². The minimum absolute atomic E-state index is 0.128. The van der Waals surface area contributed by atoms with Crippen molar-refractivity contribution in [3.8, 4) is 11.4 Å². The molecule has 136 valence electrons. The van der Waals surface area contributed by atoms with Crippen LogP contribution in [-0.4, -0.2) is 45.8 Å². The molecule has 0 aliphatic rings. The van der Waals surface area contributed by atoms with E-state index in [1.54, 1.807) is 25.1 Å². The number of nitrogens with two attached hydrogens (primary N) is 1. The van der Waals surface area contributed by atoms with Crippen molar-refractivity contribution in [3.05, 3.63) is 30.1 Å². The van der Waals surface area contributed by atoms with Crippen molar-refractivity contribution in [1.82, 2.24) is 20.2 Å². The Morgan fingerprint density at radius 1 is 1.44 bits per heavy atom. The van der Waals surface area contributed by atoms with Gasteiger partial charge in [0.15, 0.2) is 5.82 Å². The number of nitrogens with zero attached hydrogens (tertiary/aromatic N) is 3. The first-order valence-electron chi connectivity index (χ1n) is 8.02. The zero-order chi connectivity index (χ0) is 18.2. The van der Waals surface area contributed by atoms with Gasteiger partial charge in [0.25, 0.3) is 0 Å². The number of benzene rings is 1. The lowest BCUT2D eigenvalue weighted by atomic mass is 10.2. The summed E-state index contributed by atoms with van der Waals surface area (Å²) in [6, 6.07) is 6.18. The zero-order valence-corrected chi connectivity index (χ0v) is 15.1. The largest absolute Gasteiger partial charge is 0.382 e. The molecule has 25 heavy (non-hydrogen) atoms. The predicted molar refractivity (Wildman–Crippen MR) is 95.0 cm³/mol. The lowest BCUT2D eigenvalue weighted by Crippen LogP contribution is -2.32. The van der Waals surface area contributed by atoms with Gasteiger partial charge in [0.05, 0.1) is 10.8 Å². The Morgan fingerprint density at radius 2 is 2.20 bits per heavy atom. The number of carbonyl (C=O) groups is 1. The third kappa shape index (κ3) is 5.17. The van der Waals surface area contributed by atoms with E-state index in [-0.39, 0.29) is 17.3 Å². The van der Waals surface area contributed by atoms with Crippen LogP contribution >= 0.6 is 11.8 Å². The maximum Gasteiger partial charge on any atom is 0.233 e. The molecular weight excluding hydrogens is 345 g/mol. The molecule has 0 fully saturated rings. The van der Waals surface area contributed by atoms with Crippen LogP contribution < -0.4 is 11.2 Å². The third-order valence-electron chi connectivity index (χ3n) is 3.40. The molecule has 0 aliphatic carbocycles. The molecular formula is C16H22FN5O2S. The number of rotatable bonds is 9. The number of carbonyl (C=O) groups excluding carboxylic acids is 1. The maximum absolute atomic E-state index is 13.9. The van der Waals surface area contributed by atoms with Gasteiger partial charge in [-0.25, -0.2) is 9.07 Å². The summed E-state index contributed by atoms with van der Waals surface area (Å²) in [7, 11) is 0. The van der Waals surface area contributed by atoms with E-state index in [0.717, 1.165) is 6.42 Å². The Balaban J connectivity index is 1.94. The van der Waals surface area contributed by atoms with E-state index in [0.29, 0.717) is 24.9 Å². The average Bonchev–Trinajstić information content (AvgIpc) is 2.95. The summed E-state index contributed by atoms with van der Waals surface area (Å²) in [6.45, 7) is 5.49. The number of halogens is 1. The maximum atomic E-state index is 13.9. The second-order valence-electron chi connectivity index (χ2n) is 5.26. The van der Waals surface area contributed by atoms with Crippen molar-refractivity contribution in [3.63, 3.8) is 0 Å². The molecule has 7 nitrogen and oxygen atoms in total. The number of aromatic nitrogens is 3. The van der Waals surface area contributed by atoms with Crippen LogP contribution in [0.15, 0.2) is 29.4 Å². The molecule has 1 aromatic heterocycles. The van der Waals surface area contributed by atoms with E-state index in [1.165, 1.54) is 22.5 Å². The summed E-state index contributed by atoms with van der Waals surface area (Å²) in [5.74, 6) is 5.62. The van der Waals surface area contributed by atoms with Crippen LogP contribution in [0.25, 0.3) is 11.4 Å². The van der Waals surface area contributed by atoms with Crippen LogP contribution in [0, 0.1) is 5.82 Å². The highest BCUT2D eigenvalue weighted by atomic mass is 32.2. The van der Waals surface area contributed by atoms with Gasteiger partial charge in [-0.15, -0.1) is 10.2 Å². The molecule has 0 radical (unpaired) electrons. The van der Waals surface area contributed by atoms with Gasteiger partial charge in [-0.2, -0.15) is 0 Å². The first kappa shape index (κ1) is 19.2. The second kappa shape index (κ2) is 9.38. The van der Waals surface area contributed by atoms with Gasteiger partial charge in [-0.1, -0.05) is 23.9 Å². The van der Waals surface area contributed by atoms with Crippen molar-refractivity contribution < 1.29 is 13.9 Å². The lowest BCUT2D eigenvalue weighted by molar-refractivity contribution is -0.120. The van der Waals surface area contributed by atoms with E-state index >= 15 is 0 Å². The molecule has 2 aromatic rings. The number of nitrogens with one attached hydrogen (secondary N) is 1. The molecule has 0 bridgehead atoms. The summed E-state index contributed by atoms with van der Waals surface area (Å²) >= 11 is 1.17. The Labute approximate surface area is 150 Å². The number of thioether (sulfide) groups is 1. The average molecular weight is 367 g/mol. The monoisotopic (exact) mass is 367 g/mol. The molecule has 0 saturated carbocycles. The van der Waals surface area contributed by atoms with Gasteiger partial charge in [0.1, 0.15) is 5.82 Å². The Bertz CT molecular complexity index is 710. The summed E-state index contributed by atoms with van der Waals surface area (Å²) in [6.07, 6.45) is 0.751. The molecule has 0 aliphatic heterocycles. The van der Waals surface area contributed by atoms with Crippen LogP contribution in [0.5, 0.6) is 0 Å². The SMILES string of the molecule is CCOCCCNC(=O)C(C)Sc1nnc(-c2ccccc2F)n1N. The standard InChI is InChI=1S/C16H22FN5O2S/c1-3-24-10-6-9-19-15(23)11(2)25-16-21-20-14(22(16)18)12-7-4-5-8-13(12)17/h4-5,7-8,11H,3,6,9-10,18H2,1-2H3,(H,19,23). The van der Waals surface area contributed by atoms with Crippen LogP contribution in [0.2, 0.25) is 0 Å². The molecule has 1 atom stereocenters. The summed E-state index contributed by atoms with van der Waals surface area (Å²) < 4.78 is 20.3. The fourth-order valence-corrected chi connectivity index (χ4v) is 2.86. The molecule has 1 unspecified atom stereocenters. The molecule has 1 amide bonds. The molecule has 2 rings (SSSR count). The lowest BCUT2D eigenvalue weighted by Gasteiger charge is -2.11. The smallest absolute Gasteiger partial charge is 0.233 e. The van der Waals surface area contributed by atoms with Crippen LogP contribution in [0.1, 0.15) is 20.3 Å². The summed E-state index contributed by atoms with van der Waals surface area (Å²) in [5.41, 5.74) is 0.261. The molecule has 3 N–H and O–H groups in total. The highest BCUT2D eigenvalue weighted by Crippen LogP contribution is 2.26. The topological polar surface area (TPSA) is 95.1 Å². The molecule has 1 aromatic carbocycles. The highest BCUT2D eigenvalue weighted by Gasteiger charge is 2.20. The van der Waals surface area contributed by atoms with E-state index < -0.39 is 11.1 Å². The van der Waals surface area contributed by atoms with E-state index in [1.807, 2.05) is 6.92 Å². The van der Waals surface area contributed by atoms with Crippen molar-refractivity contribution in [1.29, 1.82) is 0 Å². The van der Waals surface area contributed by atoms with Gasteiger partial charge >= 0.3 is 0 Å². The molecule has 0 spiro atoms. The van der Waals surface area contributed by atoms with Gasteiger partial charge in [0.2, 0.25) is 11.1 Å². The van der Waals surface area contributed by atoms with E-state index in [9.17, 15) is 9.18 Å². The van der Waals surface area contributed by atoms with E-state index in [2.05, 4.69) is 15.5 Å². The van der Waals surface area contributed by atoms with Crippen molar-refractivity contribution in [2.75, 3.05) is 25.6 Å². The number of ether oxygens (including phenoxy) is 1. The Kier molecular flexibility index (Phi) is 7.20. The third-order valence-corrected chi connectivity index (χ3v) is 4.46. The van der Waals surface area contributed by atoms with Gasteiger partial charge in [-0.3, -0.25) is 4.79 Å². The normalized spacial score (nSPS) is 12.1. The van der Waals surface area contributed by atoms with Gasteiger partial charge < -0.3 is 15.9 Å². The molecule has 1 heterocycles. The minimum atomic E-state index is -0.432. The summed E-state index contributed by atoms with van der Waals surface area (Å²) in [4.78, 5) is 12.1. The van der Waals surface area contributed by atoms with Gasteiger partial charge in [-0.05, 0) is 32.4 Å². The second-order valence-corrected chi connectivity index (χ2v) is 6.57. The molecule has 0 saturated heterocycles. The number of nitrogen functional groups attached to an aromatic ring is 1. The number of hydrogen-bond acceptors (Lipinski definition) is 6. The van der Waals surface area contributed by atoms with Crippen molar-refractivity contribution in [2.45, 2.75) is 30.7 Å². The van der Waals surface area contributed by atoms with E-state index in [4.69, 9.17) is 10.6 Å². The van der Waals surface area contributed by atoms with Gasteiger partial charge in [0, 0.05) is 19.8 Å². The Hall–Kier alpha value is -2.13. The Morgan fingerprint density at radius 3 is 2.92 bits per heavy atom. The van der Waals surface area contributed by atoms with Crippen molar-refractivity contribution >= 4 is 17.7 Å².